The number of likely N-dealkylation sites (N-methyl/N-ethyl adjacent to an activating group) is 1. The van der Waals surface area contributed by atoms with Gasteiger partial charge < -0.3 is 19.6 Å². The molecule has 1 aromatic carbocycles. The number of hydrogen-bond acceptors (Lipinski definition) is 5. The van der Waals surface area contributed by atoms with E-state index >= 15 is 0 Å². The van der Waals surface area contributed by atoms with Gasteiger partial charge in [0.25, 0.3) is 5.91 Å². The monoisotopic (exact) mass is 401 g/mol. The zero-order chi connectivity index (χ0) is 21.3. The molecule has 2 saturated heterocycles. The Kier molecular flexibility index (Phi) is 5.92. The number of likely N-dealkylation sites (tertiary alicyclic amines) is 2. The standard InChI is InChI=1S/C21H28FN5O2/c1-24(2)11-19(28)26-9-16-10-27(14-21(16,13-26)12-25(3)4)20(29)17-6-5-15(8-23)7-18(17)22/h5-7,16H,9-14H2,1-4H3/t16-,21+/m1/s1. The molecule has 3 rings (SSSR count). The van der Waals surface area contributed by atoms with Crippen LogP contribution in [0.1, 0.15) is 15.9 Å². The van der Waals surface area contributed by atoms with Crippen LogP contribution in [0.15, 0.2) is 18.2 Å². The van der Waals surface area contributed by atoms with Gasteiger partial charge in [0.1, 0.15) is 5.82 Å². The van der Waals surface area contributed by atoms with E-state index in [1.807, 2.05) is 44.1 Å². The number of hydrogen-bond donors (Lipinski definition) is 0. The molecular weight excluding hydrogens is 373 g/mol. The van der Waals surface area contributed by atoms with E-state index in [9.17, 15) is 14.0 Å². The van der Waals surface area contributed by atoms with E-state index in [0.29, 0.717) is 32.7 Å². The highest BCUT2D eigenvalue weighted by Gasteiger charge is 2.54. The third kappa shape index (κ3) is 4.26. The number of benzene rings is 1. The Balaban J connectivity index is 1.79. The summed E-state index contributed by atoms with van der Waals surface area (Å²) in [5.74, 6) is -0.777. The first kappa shape index (κ1) is 21.2. The van der Waals surface area contributed by atoms with Crippen LogP contribution in [0, 0.1) is 28.5 Å². The minimum Gasteiger partial charge on any atom is -0.341 e. The topological polar surface area (TPSA) is 70.9 Å². The molecule has 2 amide bonds. The summed E-state index contributed by atoms with van der Waals surface area (Å²) in [4.78, 5) is 33.1. The van der Waals surface area contributed by atoms with E-state index in [2.05, 4.69) is 4.90 Å². The first-order valence-electron chi connectivity index (χ1n) is 9.71. The van der Waals surface area contributed by atoms with Crippen molar-refractivity contribution in [1.29, 1.82) is 5.26 Å². The second-order valence-electron chi connectivity index (χ2n) is 8.80. The fourth-order valence-electron chi connectivity index (χ4n) is 4.68. The summed E-state index contributed by atoms with van der Waals surface area (Å²) < 4.78 is 14.4. The zero-order valence-corrected chi connectivity index (χ0v) is 17.5. The van der Waals surface area contributed by atoms with Gasteiger partial charge in [-0.1, -0.05) is 0 Å². The van der Waals surface area contributed by atoms with Crippen molar-refractivity contribution in [3.8, 4) is 6.07 Å². The summed E-state index contributed by atoms with van der Waals surface area (Å²) in [7, 11) is 7.72. The van der Waals surface area contributed by atoms with Gasteiger partial charge in [-0.05, 0) is 46.4 Å². The zero-order valence-electron chi connectivity index (χ0n) is 17.5. The van der Waals surface area contributed by atoms with Gasteiger partial charge in [-0.25, -0.2) is 4.39 Å². The Morgan fingerprint density at radius 1 is 1.17 bits per heavy atom. The maximum absolute atomic E-state index is 14.4. The summed E-state index contributed by atoms with van der Waals surface area (Å²) in [6, 6.07) is 5.83. The minimum atomic E-state index is -0.671. The lowest BCUT2D eigenvalue weighted by Gasteiger charge is -2.32. The second kappa shape index (κ2) is 8.09. The number of fused-ring (bicyclic) bond motifs is 1. The molecule has 2 atom stereocenters. The van der Waals surface area contributed by atoms with E-state index < -0.39 is 5.82 Å². The van der Waals surface area contributed by atoms with Crippen molar-refractivity contribution in [2.45, 2.75) is 0 Å². The normalized spacial score (nSPS) is 23.6. The summed E-state index contributed by atoms with van der Waals surface area (Å²) in [6.07, 6.45) is 0. The number of nitriles is 1. The second-order valence-corrected chi connectivity index (χ2v) is 8.80. The lowest BCUT2D eigenvalue weighted by Crippen LogP contribution is -2.45. The lowest BCUT2D eigenvalue weighted by atomic mass is 9.80. The highest BCUT2D eigenvalue weighted by molar-refractivity contribution is 5.95. The third-order valence-electron chi connectivity index (χ3n) is 5.81. The quantitative estimate of drug-likeness (QED) is 0.727. The smallest absolute Gasteiger partial charge is 0.256 e. The van der Waals surface area contributed by atoms with Crippen LogP contribution in [0.3, 0.4) is 0 Å². The maximum Gasteiger partial charge on any atom is 0.256 e. The molecule has 0 radical (unpaired) electrons. The van der Waals surface area contributed by atoms with E-state index in [4.69, 9.17) is 5.26 Å². The third-order valence-corrected chi connectivity index (χ3v) is 5.81. The van der Waals surface area contributed by atoms with Crippen LogP contribution in [0.25, 0.3) is 0 Å². The molecule has 2 fully saturated rings. The van der Waals surface area contributed by atoms with Crippen molar-refractivity contribution in [2.75, 3.05) is 67.5 Å². The highest BCUT2D eigenvalue weighted by atomic mass is 19.1. The van der Waals surface area contributed by atoms with E-state index in [1.54, 1.807) is 4.90 Å². The molecule has 0 N–H and O–H groups in total. The molecule has 0 bridgehead atoms. The van der Waals surface area contributed by atoms with Crippen LogP contribution >= 0.6 is 0 Å². The Hall–Kier alpha value is -2.50. The number of rotatable bonds is 5. The number of halogens is 1. The van der Waals surface area contributed by atoms with Crippen LogP contribution in [0.4, 0.5) is 4.39 Å². The van der Waals surface area contributed by atoms with Crippen molar-refractivity contribution in [2.24, 2.45) is 11.3 Å². The first-order valence-corrected chi connectivity index (χ1v) is 9.71. The predicted molar refractivity (Wildman–Crippen MR) is 107 cm³/mol. The number of amides is 2. The van der Waals surface area contributed by atoms with Gasteiger partial charge >= 0.3 is 0 Å². The molecule has 7 nitrogen and oxygen atoms in total. The number of carbonyl (C=O) groups excluding carboxylic acids is 2. The van der Waals surface area contributed by atoms with Crippen molar-refractivity contribution < 1.29 is 14.0 Å². The number of nitrogens with zero attached hydrogens (tertiary/aromatic N) is 5. The molecule has 29 heavy (non-hydrogen) atoms. The molecule has 2 heterocycles. The Morgan fingerprint density at radius 3 is 2.41 bits per heavy atom. The van der Waals surface area contributed by atoms with Crippen molar-refractivity contribution >= 4 is 11.8 Å². The predicted octanol–water partition coefficient (Wildman–Crippen LogP) is 0.721. The van der Waals surface area contributed by atoms with Gasteiger partial charge in [0.15, 0.2) is 0 Å². The average Bonchev–Trinajstić information content (AvgIpc) is 3.13. The summed E-state index contributed by atoms with van der Waals surface area (Å²) in [5, 5.41) is 8.90. The summed E-state index contributed by atoms with van der Waals surface area (Å²) in [6.45, 7) is 3.31. The van der Waals surface area contributed by atoms with Gasteiger partial charge in [0.05, 0.1) is 23.7 Å². The van der Waals surface area contributed by atoms with Gasteiger partial charge in [0.2, 0.25) is 5.91 Å². The molecule has 8 heteroatoms. The molecule has 0 unspecified atom stereocenters. The van der Waals surface area contributed by atoms with Gasteiger partial charge in [-0.15, -0.1) is 0 Å². The SMILES string of the molecule is CN(C)CC(=O)N1C[C@@H]2CN(C(=O)c3ccc(C#N)cc3F)C[C@]2(CN(C)C)C1. The molecule has 1 aromatic rings. The molecule has 0 saturated carbocycles. The van der Waals surface area contributed by atoms with E-state index in [1.165, 1.54) is 12.1 Å². The molecular formula is C21H28FN5O2. The fraction of sp³-hybridized carbons (Fsp3) is 0.571. The molecule has 156 valence electrons. The van der Waals surface area contributed by atoms with E-state index in [0.717, 1.165) is 12.6 Å². The van der Waals surface area contributed by atoms with Crippen molar-refractivity contribution in [1.82, 2.24) is 19.6 Å². The molecule has 2 aliphatic heterocycles. The Bertz CT molecular complexity index is 850. The van der Waals surface area contributed by atoms with Gasteiger partial charge in [0, 0.05) is 44.1 Å². The fourth-order valence-corrected chi connectivity index (χ4v) is 4.68. The van der Waals surface area contributed by atoms with Crippen molar-refractivity contribution in [3.05, 3.63) is 35.1 Å². The maximum atomic E-state index is 14.4. The first-order chi connectivity index (χ1) is 13.6. The molecule has 2 aliphatic rings. The van der Waals surface area contributed by atoms with Crippen LogP contribution in [-0.2, 0) is 4.79 Å². The Morgan fingerprint density at radius 2 is 1.83 bits per heavy atom. The van der Waals surface area contributed by atoms with Crippen molar-refractivity contribution in [3.63, 3.8) is 0 Å². The van der Waals surface area contributed by atoms with Gasteiger partial charge in [-0.3, -0.25) is 9.59 Å². The van der Waals surface area contributed by atoms with Crippen LogP contribution < -0.4 is 0 Å². The lowest BCUT2D eigenvalue weighted by molar-refractivity contribution is -0.131. The Labute approximate surface area is 171 Å². The minimum absolute atomic E-state index is 0.00971. The molecule has 0 aliphatic carbocycles. The number of carbonyl (C=O) groups is 2. The summed E-state index contributed by atoms with van der Waals surface area (Å²) in [5.41, 5.74) is -0.0366. The average molecular weight is 401 g/mol. The van der Waals surface area contributed by atoms with Crippen LogP contribution in [-0.4, -0.2) is 98.9 Å². The van der Waals surface area contributed by atoms with Gasteiger partial charge in [-0.2, -0.15) is 5.26 Å². The molecule has 0 aromatic heterocycles. The molecule has 0 spiro atoms. The highest BCUT2D eigenvalue weighted by Crippen LogP contribution is 2.43. The van der Waals surface area contributed by atoms with Crippen LogP contribution in [0.2, 0.25) is 0 Å². The van der Waals surface area contributed by atoms with Crippen LogP contribution in [0.5, 0.6) is 0 Å². The van der Waals surface area contributed by atoms with E-state index in [-0.39, 0.29) is 34.3 Å². The summed E-state index contributed by atoms with van der Waals surface area (Å²) >= 11 is 0. The largest absolute Gasteiger partial charge is 0.341 e.